The second-order valence-electron chi connectivity index (χ2n) is 9.48. The Morgan fingerprint density at radius 1 is 0.605 bits per heavy atom. The maximum absolute atomic E-state index is 12.2. The normalized spacial score (nSPS) is 13.0. The highest BCUT2D eigenvalue weighted by Gasteiger charge is 2.85. The summed E-state index contributed by atoms with van der Waals surface area (Å²) in [5, 5.41) is -2.73. The Hall–Kier alpha value is -2.63. The van der Waals surface area contributed by atoms with Crippen LogP contribution in [0.2, 0.25) is 0 Å². The first-order valence-corrected chi connectivity index (χ1v) is 15.8. The molecular formula is C29H30F9O3PS. The molecule has 0 amide bonds. The summed E-state index contributed by atoms with van der Waals surface area (Å²) in [6.45, 7) is 2.27. The summed E-state index contributed by atoms with van der Waals surface area (Å²) in [4.78, 5) is 0. The van der Waals surface area contributed by atoms with Crippen molar-refractivity contribution in [3.8, 4) is 0 Å². The van der Waals surface area contributed by atoms with Gasteiger partial charge in [0.2, 0.25) is 0 Å². The molecule has 0 atom stereocenters. The second kappa shape index (κ2) is 14.9. The average molecular weight is 661 g/mol. The van der Waals surface area contributed by atoms with E-state index < -0.39 is 41.3 Å². The predicted octanol–water partition coefficient (Wildman–Crippen LogP) is 8.26. The molecule has 0 aliphatic rings. The Morgan fingerprint density at radius 3 is 1.42 bits per heavy atom. The van der Waals surface area contributed by atoms with Crippen LogP contribution >= 0.6 is 7.92 Å². The first-order valence-electron chi connectivity index (χ1n) is 13.0. The molecule has 3 nitrogen and oxygen atoms in total. The molecule has 0 saturated heterocycles. The summed E-state index contributed by atoms with van der Waals surface area (Å²) in [7, 11) is -7.65. The SMILES string of the molecule is CCCCCCCc1ccc(P(c2ccccc2)c2ccccc2)cc1.O=S(=O)(O)C(F)(F)C(F)(F)C(F)(F)C(F)(F)F. The fourth-order valence-corrected chi connectivity index (χ4v) is 6.60. The van der Waals surface area contributed by atoms with Gasteiger partial charge in [-0.25, -0.2) is 0 Å². The summed E-state index contributed by atoms with van der Waals surface area (Å²) < 4.78 is 134. The molecule has 0 unspecified atom stereocenters. The molecule has 14 heteroatoms. The highest BCUT2D eigenvalue weighted by atomic mass is 32.2. The Morgan fingerprint density at radius 2 is 1.02 bits per heavy atom. The first-order chi connectivity index (χ1) is 19.9. The predicted molar refractivity (Wildman–Crippen MR) is 150 cm³/mol. The number of halogens is 9. The summed E-state index contributed by atoms with van der Waals surface area (Å²) in [5.41, 5.74) is 1.47. The van der Waals surface area contributed by atoms with E-state index >= 15 is 0 Å². The molecular weight excluding hydrogens is 630 g/mol. The van der Waals surface area contributed by atoms with Crippen LogP contribution < -0.4 is 15.9 Å². The fraction of sp³-hybridized carbons (Fsp3) is 0.379. The van der Waals surface area contributed by atoms with Crippen LogP contribution in [0.5, 0.6) is 0 Å². The molecule has 0 aliphatic heterocycles. The number of alkyl halides is 9. The average Bonchev–Trinajstić information content (AvgIpc) is 2.94. The summed E-state index contributed by atoms with van der Waals surface area (Å²) in [6, 6.07) is 31.3. The van der Waals surface area contributed by atoms with Crippen LogP contribution in [0, 0.1) is 0 Å². The number of hydrogen-bond acceptors (Lipinski definition) is 2. The van der Waals surface area contributed by atoms with Gasteiger partial charge in [0.25, 0.3) is 0 Å². The Labute approximate surface area is 245 Å². The van der Waals surface area contributed by atoms with Gasteiger partial charge in [-0.15, -0.1) is 0 Å². The molecule has 1 N–H and O–H groups in total. The van der Waals surface area contributed by atoms with Gasteiger partial charge in [-0.1, -0.05) is 118 Å². The van der Waals surface area contributed by atoms with E-state index in [0.29, 0.717) is 0 Å². The minimum Gasteiger partial charge on any atom is -0.281 e. The van der Waals surface area contributed by atoms with Crippen molar-refractivity contribution in [1.29, 1.82) is 0 Å². The van der Waals surface area contributed by atoms with Crippen LogP contribution in [-0.4, -0.2) is 36.2 Å². The van der Waals surface area contributed by atoms with E-state index in [1.54, 1.807) is 0 Å². The maximum Gasteiger partial charge on any atom is 0.460 e. The molecule has 0 spiro atoms. The second-order valence-corrected chi connectivity index (χ2v) is 13.2. The third-order valence-corrected chi connectivity index (χ3v) is 9.58. The zero-order chi connectivity index (χ0) is 32.5. The van der Waals surface area contributed by atoms with Crippen molar-refractivity contribution < 1.29 is 52.5 Å². The molecule has 0 aromatic heterocycles. The summed E-state index contributed by atoms with van der Waals surface area (Å²) in [5.74, 6) is -14.7. The van der Waals surface area contributed by atoms with Gasteiger partial charge in [0.1, 0.15) is 0 Å². The van der Waals surface area contributed by atoms with Crippen molar-refractivity contribution in [2.24, 2.45) is 0 Å². The minimum absolute atomic E-state index is 0.479. The van der Waals surface area contributed by atoms with Crippen molar-refractivity contribution in [3.05, 3.63) is 90.5 Å². The van der Waals surface area contributed by atoms with Crippen LogP contribution in [0.1, 0.15) is 44.6 Å². The van der Waals surface area contributed by atoms with Crippen LogP contribution in [0.4, 0.5) is 39.5 Å². The summed E-state index contributed by atoms with van der Waals surface area (Å²) >= 11 is 0. The smallest absolute Gasteiger partial charge is 0.281 e. The fourth-order valence-electron chi connectivity index (χ4n) is 3.87. The van der Waals surface area contributed by atoms with Gasteiger partial charge in [-0.2, -0.15) is 47.9 Å². The van der Waals surface area contributed by atoms with Gasteiger partial charge >= 0.3 is 33.4 Å². The largest absolute Gasteiger partial charge is 0.460 e. The number of rotatable bonds is 12. The molecule has 3 aromatic carbocycles. The van der Waals surface area contributed by atoms with E-state index in [0.717, 1.165) is 0 Å². The third kappa shape index (κ3) is 8.95. The van der Waals surface area contributed by atoms with E-state index in [1.807, 2.05) is 0 Å². The number of benzene rings is 3. The molecule has 0 fully saturated rings. The van der Waals surface area contributed by atoms with Crippen LogP contribution in [-0.2, 0) is 16.5 Å². The van der Waals surface area contributed by atoms with Gasteiger partial charge in [0, 0.05) is 0 Å². The van der Waals surface area contributed by atoms with Crippen LogP contribution in [0.25, 0.3) is 0 Å². The molecule has 3 rings (SSSR count). The van der Waals surface area contributed by atoms with Gasteiger partial charge in [0.15, 0.2) is 0 Å². The molecule has 0 saturated carbocycles. The Bertz CT molecular complexity index is 1330. The standard InChI is InChI=1S/C25H29P.C4HF9O3S/c1-2-3-4-5-8-13-22-18-20-25(21-19-22)26(23-14-9-6-10-15-23)24-16-11-7-12-17-24;5-1(6,3(9,10)11)2(7,8)4(12,13)17(14,15)16/h6-7,9-12,14-21H,2-5,8,13H2,1H3;(H,14,15,16). The summed E-state index contributed by atoms with van der Waals surface area (Å²) in [6.07, 6.45) is 0.807. The molecule has 3 aromatic rings. The van der Waals surface area contributed by atoms with E-state index in [-0.39, 0.29) is 0 Å². The zero-order valence-electron chi connectivity index (χ0n) is 22.8. The topological polar surface area (TPSA) is 54.4 Å². The van der Waals surface area contributed by atoms with Crippen molar-refractivity contribution in [2.45, 2.75) is 68.7 Å². The van der Waals surface area contributed by atoms with Gasteiger partial charge in [-0.3, -0.25) is 4.55 Å². The highest BCUT2D eigenvalue weighted by Crippen LogP contribution is 2.54. The molecule has 238 valence electrons. The monoisotopic (exact) mass is 660 g/mol. The Kier molecular flexibility index (Phi) is 12.7. The van der Waals surface area contributed by atoms with Crippen molar-refractivity contribution >= 4 is 34.0 Å². The minimum atomic E-state index is -7.37. The first kappa shape index (κ1) is 36.6. The van der Waals surface area contributed by atoms with Crippen LogP contribution in [0.3, 0.4) is 0 Å². The van der Waals surface area contributed by atoms with E-state index in [9.17, 15) is 47.9 Å². The molecule has 43 heavy (non-hydrogen) atoms. The van der Waals surface area contributed by atoms with Gasteiger partial charge in [-0.05, 0) is 42.2 Å². The molecule has 0 radical (unpaired) electrons. The third-order valence-electron chi connectivity index (χ3n) is 6.23. The van der Waals surface area contributed by atoms with Gasteiger partial charge in [0.05, 0.1) is 0 Å². The van der Waals surface area contributed by atoms with Crippen molar-refractivity contribution in [2.75, 3.05) is 0 Å². The number of unbranched alkanes of at least 4 members (excludes halogenated alkanes) is 4. The van der Waals surface area contributed by atoms with Crippen molar-refractivity contribution in [1.82, 2.24) is 0 Å². The van der Waals surface area contributed by atoms with E-state index in [1.165, 1.54) is 60.0 Å². The zero-order valence-corrected chi connectivity index (χ0v) is 24.6. The quantitative estimate of drug-likeness (QED) is 0.0922. The lowest BCUT2D eigenvalue weighted by molar-refractivity contribution is -0.382. The number of aryl methyl sites for hydroxylation is 1. The Balaban J connectivity index is 0.000000332. The molecule has 0 aliphatic carbocycles. The lowest BCUT2D eigenvalue weighted by Gasteiger charge is -2.31. The molecule has 0 bridgehead atoms. The lowest BCUT2D eigenvalue weighted by atomic mass is 10.1. The van der Waals surface area contributed by atoms with Gasteiger partial charge < -0.3 is 0 Å². The number of hydrogen-bond donors (Lipinski definition) is 1. The highest BCUT2D eigenvalue weighted by molar-refractivity contribution is 7.87. The lowest BCUT2D eigenvalue weighted by Crippen LogP contribution is -2.63. The van der Waals surface area contributed by atoms with E-state index in [2.05, 4.69) is 91.9 Å². The molecule has 0 heterocycles. The van der Waals surface area contributed by atoms with E-state index in [4.69, 9.17) is 4.55 Å². The van der Waals surface area contributed by atoms with Crippen molar-refractivity contribution in [3.63, 3.8) is 0 Å². The maximum atomic E-state index is 12.2. The van der Waals surface area contributed by atoms with Crippen LogP contribution in [0.15, 0.2) is 84.9 Å².